The lowest BCUT2D eigenvalue weighted by atomic mass is 10.0. The second-order valence-corrected chi connectivity index (χ2v) is 4.66. The van der Waals surface area contributed by atoms with Crippen LogP contribution in [0.5, 0.6) is 5.75 Å². The van der Waals surface area contributed by atoms with E-state index in [0.717, 1.165) is 44.1 Å². The molecule has 0 saturated heterocycles. The Kier molecular flexibility index (Phi) is 5.28. The normalized spacial score (nSPS) is 15.8. The van der Waals surface area contributed by atoms with Crippen LogP contribution in [0.1, 0.15) is 38.3 Å². The van der Waals surface area contributed by atoms with Crippen LogP contribution in [0.4, 0.5) is 0 Å². The van der Waals surface area contributed by atoms with E-state index < -0.39 is 0 Å². The molecule has 1 aromatic carbocycles. The molecule has 1 aliphatic heterocycles. The van der Waals surface area contributed by atoms with Gasteiger partial charge in [-0.3, -0.25) is 0 Å². The molecule has 0 saturated carbocycles. The molecular formula is C16H23NO2. The molecule has 0 bridgehead atoms. The highest BCUT2D eigenvalue weighted by atomic mass is 16.5. The molecule has 0 fully saturated rings. The Balaban J connectivity index is 2.16. The quantitative estimate of drug-likeness (QED) is 0.815. The van der Waals surface area contributed by atoms with Crippen LogP contribution in [-0.2, 0) is 4.74 Å². The summed E-state index contributed by atoms with van der Waals surface area (Å²) in [7, 11) is 0. The number of hydrogen-bond donors (Lipinski definition) is 1. The highest BCUT2D eigenvalue weighted by Crippen LogP contribution is 2.28. The van der Waals surface area contributed by atoms with E-state index in [1.165, 1.54) is 5.56 Å². The summed E-state index contributed by atoms with van der Waals surface area (Å²) in [6.07, 6.45) is 4.20. The molecule has 1 heterocycles. The third-order valence-electron chi connectivity index (χ3n) is 3.09. The van der Waals surface area contributed by atoms with E-state index in [1.54, 1.807) is 0 Å². The summed E-state index contributed by atoms with van der Waals surface area (Å²) in [4.78, 5) is 0. The van der Waals surface area contributed by atoms with E-state index >= 15 is 0 Å². The average Bonchev–Trinajstić information content (AvgIpc) is 2.96. The molecule has 104 valence electrons. The van der Waals surface area contributed by atoms with Gasteiger partial charge in [-0.1, -0.05) is 26.0 Å². The van der Waals surface area contributed by atoms with Crippen LogP contribution in [0, 0.1) is 0 Å². The summed E-state index contributed by atoms with van der Waals surface area (Å²) >= 11 is 0. The van der Waals surface area contributed by atoms with Crippen LogP contribution in [0.3, 0.4) is 0 Å². The van der Waals surface area contributed by atoms with Crippen molar-refractivity contribution >= 4 is 0 Å². The van der Waals surface area contributed by atoms with Crippen LogP contribution in [0.2, 0.25) is 0 Å². The Bertz CT molecular complexity index is 429. The molecular weight excluding hydrogens is 238 g/mol. The zero-order chi connectivity index (χ0) is 13.5. The first-order chi connectivity index (χ1) is 9.35. The maximum Gasteiger partial charge on any atom is 0.119 e. The molecule has 1 aromatic rings. The van der Waals surface area contributed by atoms with E-state index in [1.807, 2.05) is 12.1 Å². The largest absolute Gasteiger partial charge is 0.496 e. The molecule has 0 radical (unpaired) electrons. The second-order valence-electron chi connectivity index (χ2n) is 4.66. The molecule has 0 aliphatic carbocycles. The lowest BCUT2D eigenvalue weighted by molar-refractivity contribution is 0.216. The zero-order valence-electron chi connectivity index (χ0n) is 11.8. The SMILES string of the molecule is CCCOc1cccc(C(NCC)C2=CCCO2)c1. The number of rotatable bonds is 7. The van der Waals surface area contributed by atoms with E-state index in [0.29, 0.717) is 0 Å². The van der Waals surface area contributed by atoms with Gasteiger partial charge in [-0.25, -0.2) is 0 Å². The molecule has 2 rings (SSSR count). The Morgan fingerprint density at radius 2 is 2.26 bits per heavy atom. The van der Waals surface area contributed by atoms with Gasteiger partial charge >= 0.3 is 0 Å². The Hall–Kier alpha value is -1.48. The maximum absolute atomic E-state index is 5.70. The van der Waals surface area contributed by atoms with Crippen molar-refractivity contribution in [3.63, 3.8) is 0 Å². The van der Waals surface area contributed by atoms with Gasteiger partial charge in [0.2, 0.25) is 0 Å². The van der Waals surface area contributed by atoms with Crippen molar-refractivity contribution in [2.75, 3.05) is 19.8 Å². The minimum Gasteiger partial charge on any atom is -0.496 e. The standard InChI is InChI=1S/C16H23NO2/c1-3-10-18-14-8-5-7-13(12-14)16(17-4-2)15-9-6-11-19-15/h5,7-9,12,16-17H,3-4,6,10-11H2,1-2H3. The van der Waals surface area contributed by atoms with Crippen LogP contribution < -0.4 is 10.1 Å². The molecule has 3 nitrogen and oxygen atoms in total. The minimum atomic E-state index is 0.137. The van der Waals surface area contributed by atoms with E-state index in [2.05, 4.69) is 37.4 Å². The Labute approximate surface area is 115 Å². The molecule has 0 aromatic heterocycles. The zero-order valence-corrected chi connectivity index (χ0v) is 11.8. The first kappa shape index (κ1) is 13.9. The highest BCUT2D eigenvalue weighted by molar-refractivity contribution is 5.34. The van der Waals surface area contributed by atoms with Gasteiger partial charge in [0.25, 0.3) is 0 Å². The van der Waals surface area contributed by atoms with Crippen LogP contribution in [0.25, 0.3) is 0 Å². The number of hydrogen-bond acceptors (Lipinski definition) is 3. The van der Waals surface area contributed by atoms with Crippen molar-refractivity contribution < 1.29 is 9.47 Å². The summed E-state index contributed by atoms with van der Waals surface area (Å²) in [5.41, 5.74) is 1.20. The van der Waals surface area contributed by atoms with Crippen molar-refractivity contribution in [3.05, 3.63) is 41.7 Å². The number of ether oxygens (including phenoxy) is 2. The summed E-state index contributed by atoms with van der Waals surface area (Å²) in [6, 6.07) is 8.41. The molecule has 19 heavy (non-hydrogen) atoms. The summed E-state index contributed by atoms with van der Waals surface area (Å²) in [5, 5.41) is 3.48. The van der Waals surface area contributed by atoms with E-state index in [9.17, 15) is 0 Å². The average molecular weight is 261 g/mol. The minimum absolute atomic E-state index is 0.137. The van der Waals surface area contributed by atoms with E-state index in [4.69, 9.17) is 9.47 Å². The van der Waals surface area contributed by atoms with Crippen molar-refractivity contribution in [2.45, 2.75) is 32.7 Å². The summed E-state index contributed by atoms with van der Waals surface area (Å²) in [6.45, 7) is 6.69. The first-order valence-corrected chi connectivity index (χ1v) is 7.14. The highest BCUT2D eigenvalue weighted by Gasteiger charge is 2.20. The van der Waals surface area contributed by atoms with Gasteiger partial charge in [-0.2, -0.15) is 0 Å². The van der Waals surface area contributed by atoms with Gasteiger partial charge in [0.15, 0.2) is 0 Å². The lowest BCUT2D eigenvalue weighted by Gasteiger charge is -2.20. The lowest BCUT2D eigenvalue weighted by Crippen LogP contribution is -2.23. The van der Waals surface area contributed by atoms with Crippen molar-refractivity contribution in [3.8, 4) is 5.75 Å². The van der Waals surface area contributed by atoms with Crippen molar-refractivity contribution in [2.24, 2.45) is 0 Å². The fraction of sp³-hybridized carbons (Fsp3) is 0.500. The molecule has 0 spiro atoms. The summed E-state index contributed by atoms with van der Waals surface area (Å²) in [5.74, 6) is 1.97. The maximum atomic E-state index is 5.70. The monoisotopic (exact) mass is 261 g/mol. The first-order valence-electron chi connectivity index (χ1n) is 7.14. The van der Waals surface area contributed by atoms with Gasteiger partial charge in [-0.05, 0) is 36.7 Å². The van der Waals surface area contributed by atoms with Crippen LogP contribution >= 0.6 is 0 Å². The number of benzene rings is 1. The van der Waals surface area contributed by atoms with Crippen LogP contribution in [0.15, 0.2) is 36.1 Å². The third-order valence-corrected chi connectivity index (χ3v) is 3.09. The van der Waals surface area contributed by atoms with Crippen molar-refractivity contribution in [1.29, 1.82) is 0 Å². The number of likely N-dealkylation sites (N-methyl/N-ethyl adjacent to an activating group) is 1. The molecule has 0 amide bonds. The van der Waals surface area contributed by atoms with Crippen LogP contribution in [-0.4, -0.2) is 19.8 Å². The Morgan fingerprint density at radius 3 is 2.95 bits per heavy atom. The number of nitrogens with one attached hydrogen (secondary N) is 1. The van der Waals surface area contributed by atoms with E-state index in [-0.39, 0.29) is 6.04 Å². The van der Waals surface area contributed by atoms with Gasteiger partial charge < -0.3 is 14.8 Å². The van der Waals surface area contributed by atoms with Gasteiger partial charge in [-0.15, -0.1) is 0 Å². The predicted molar refractivity (Wildman–Crippen MR) is 77.3 cm³/mol. The predicted octanol–water partition coefficient (Wildman–Crippen LogP) is 3.43. The fourth-order valence-corrected chi connectivity index (χ4v) is 2.23. The fourth-order valence-electron chi connectivity index (χ4n) is 2.23. The topological polar surface area (TPSA) is 30.5 Å². The summed E-state index contributed by atoms with van der Waals surface area (Å²) < 4.78 is 11.4. The van der Waals surface area contributed by atoms with Crippen molar-refractivity contribution in [1.82, 2.24) is 5.32 Å². The third kappa shape index (κ3) is 3.74. The molecule has 1 N–H and O–H groups in total. The molecule has 1 atom stereocenters. The van der Waals surface area contributed by atoms with Gasteiger partial charge in [0.1, 0.15) is 11.5 Å². The molecule has 1 aliphatic rings. The Morgan fingerprint density at radius 1 is 1.37 bits per heavy atom. The molecule has 1 unspecified atom stereocenters. The smallest absolute Gasteiger partial charge is 0.119 e. The van der Waals surface area contributed by atoms with Gasteiger partial charge in [0.05, 0.1) is 19.3 Å². The molecule has 3 heteroatoms. The van der Waals surface area contributed by atoms with Gasteiger partial charge in [0, 0.05) is 6.42 Å². The second kappa shape index (κ2) is 7.19.